The highest BCUT2D eigenvalue weighted by Gasteiger charge is 2.24. The summed E-state index contributed by atoms with van der Waals surface area (Å²) in [6.45, 7) is 2.62. The molecular weight excluding hydrogens is 349 g/mol. The van der Waals surface area contributed by atoms with Crippen molar-refractivity contribution >= 4 is 30.7 Å². The van der Waals surface area contributed by atoms with Crippen LogP contribution in [0.5, 0.6) is 0 Å². The van der Waals surface area contributed by atoms with Crippen LogP contribution in [0.15, 0.2) is 37.1 Å². The van der Waals surface area contributed by atoms with Crippen LogP contribution in [-0.2, 0) is 0 Å². The minimum Gasteiger partial charge on any atom is -0.338 e. The minimum absolute atomic E-state index is 0. The van der Waals surface area contributed by atoms with E-state index < -0.39 is 0 Å². The fourth-order valence-corrected chi connectivity index (χ4v) is 2.95. The standard InChI is InChI=1S/C16H21N5O.2ClH/c1-17-9-13-3-2-7-20(11-13)16(22)14-4-5-15(19-10-14)21-8-6-18-12-21;;/h4-6,8,10,12-13,17H,2-3,7,9,11H2,1H3;2*1H. The molecule has 132 valence electrons. The Hall–Kier alpha value is -1.63. The van der Waals surface area contributed by atoms with Crippen molar-refractivity contribution in [3.8, 4) is 5.82 Å². The number of carbonyl (C=O) groups excluding carboxylic acids is 1. The third-order valence-electron chi connectivity index (χ3n) is 4.06. The molecule has 2 aromatic heterocycles. The van der Waals surface area contributed by atoms with Crippen LogP contribution in [0.25, 0.3) is 5.82 Å². The first kappa shape index (κ1) is 20.4. The van der Waals surface area contributed by atoms with Crippen LogP contribution < -0.4 is 5.32 Å². The molecule has 0 aromatic carbocycles. The minimum atomic E-state index is 0. The second-order valence-electron chi connectivity index (χ2n) is 5.69. The SMILES string of the molecule is CNCC1CCCN(C(=O)c2ccc(-n3ccnc3)nc2)C1.Cl.Cl. The molecule has 1 fully saturated rings. The van der Waals surface area contributed by atoms with Gasteiger partial charge in [-0.05, 0) is 44.5 Å². The highest BCUT2D eigenvalue weighted by molar-refractivity contribution is 5.94. The molecule has 0 radical (unpaired) electrons. The molecule has 1 N–H and O–H groups in total. The zero-order valence-electron chi connectivity index (χ0n) is 13.6. The van der Waals surface area contributed by atoms with Crippen molar-refractivity contribution < 1.29 is 4.79 Å². The number of nitrogens with one attached hydrogen (secondary N) is 1. The predicted octanol–water partition coefficient (Wildman–Crippen LogP) is 2.18. The molecule has 1 amide bonds. The van der Waals surface area contributed by atoms with Crippen molar-refractivity contribution in [1.82, 2.24) is 24.8 Å². The van der Waals surface area contributed by atoms with Crippen LogP contribution in [0.3, 0.4) is 0 Å². The number of rotatable bonds is 4. The summed E-state index contributed by atoms with van der Waals surface area (Å²) in [5.41, 5.74) is 0.647. The fourth-order valence-electron chi connectivity index (χ4n) is 2.95. The summed E-state index contributed by atoms with van der Waals surface area (Å²) in [5, 5.41) is 3.20. The average Bonchev–Trinajstić information content (AvgIpc) is 3.09. The first-order valence-corrected chi connectivity index (χ1v) is 7.66. The van der Waals surface area contributed by atoms with Gasteiger partial charge in [-0.1, -0.05) is 0 Å². The lowest BCUT2D eigenvalue weighted by molar-refractivity contribution is 0.0674. The maximum atomic E-state index is 12.6. The quantitative estimate of drug-likeness (QED) is 0.894. The number of halogens is 2. The summed E-state index contributed by atoms with van der Waals surface area (Å²) >= 11 is 0. The third kappa shape index (κ3) is 4.69. The number of nitrogens with zero attached hydrogens (tertiary/aromatic N) is 4. The highest BCUT2D eigenvalue weighted by Crippen LogP contribution is 2.18. The molecule has 0 bridgehead atoms. The summed E-state index contributed by atoms with van der Waals surface area (Å²) < 4.78 is 1.82. The van der Waals surface area contributed by atoms with Gasteiger partial charge in [0.1, 0.15) is 12.1 Å². The molecule has 1 aliphatic heterocycles. The Morgan fingerprint density at radius 3 is 2.83 bits per heavy atom. The van der Waals surface area contributed by atoms with E-state index in [9.17, 15) is 4.79 Å². The van der Waals surface area contributed by atoms with Crippen molar-refractivity contribution in [2.45, 2.75) is 12.8 Å². The molecule has 3 heterocycles. The molecule has 0 aliphatic carbocycles. The Morgan fingerprint density at radius 1 is 1.38 bits per heavy atom. The Labute approximate surface area is 154 Å². The summed E-state index contributed by atoms with van der Waals surface area (Å²) in [6.07, 6.45) is 9.13. The monoisotopic (exact) mass is 371 g/mol. The van der Waals surface area contributed by atoms with Crippen LogP contribution in [0.1, 0.15) is 23.2 Å². The lowest BCUT2D eigenvalue weighted by Gasteiger charge is -2.32. The van der Waals surface area contributed by atoms with Crippen LogP contribution in [-0.4, -0.2) is 52.0 Å². The average molecular weight is 372 g/mol. The first-order chi connectivity index (χ1) is 10.8. The number of likely N-dealkylation sites (tertiary alicyclic amines) is 1. The van der Waals surface area contributed by atoms with Crippen molar-refractivity contribution in [2.24, 2.45) is 5.92 Å². The van der Waals surface area contributed by atoms with Gasteiger partial charge in [-0.25, -0.2) is 9.97 Å². The van der Waals surface area contributed by atoms with E-state index in [2.05, 4.69) is 15.3 Å². The van der Waals surface area contributed by atoms with E-state index in [1.54, 1.807) is 18.7 Å². The van der Waals surface area contributed by atoms with Gasteiger partial charge < -0.3 is 10.2 Å². The van der Waals surface area contributed by atoms with E-state index in [-0.39, 0.29) is 30.7 Å². The molecule has 8 heteroatoms. The number of aromatic nitrogens is 3. The van der Waals surface area contributed by atoms with E-state index in [1.807, 2.05) is 34.8 Å². The highest BCUT2D eigenvalue weighted by atomic mass is 35.5. The number of piperidine rings is 1. The van der Waals surface area contributed by atoms with Crippen molar-refractivity contribution in [1.29, 1.82) is 0 Å². The van der Waals surface area contributed by atoms with Crippen molar-refractivity contribution in [3.63, 3.8) is 0 Å². The molecule has 6 nitrogen and oxygen atoms in total. The van der Waals surface area contributed by atoms with E-state index in [4.69, 9.17) is 0 Å². The second kappa shape index (κ2) is 9.61. The molecule has 0 spiro atoms. The first-order valence-electron chi connectivity index (χ1n) is 7.66. The van der Waals surface area contributed by atoms with Gasteiger partial charge >= 0.3 is 0 Å². The third-order valence-corrected chi connectivity index (χ3v) is 4.06. The Balaban J connectivity index is 0.00000144. The lowest BCUT2D eigenvalue weighted by atomic mass is 9.97. The fraction of sp³-hybridized carbons (Fsp3) is 0.438. The number of imidazole rings is 1. The van der Waals surface area contributed by atoms with Crippen LogP contribution in [0.2, 0.25) is 0 Å². The van der Waals surface area contributed by atoms with Gasteiger partial charge in [0.2, 0.25) is 0 Å². The van der Waals surface area contributed by atoms with Crippen LogP contribution in [0.4, 0.5) is 0 Å². The van der Waals surface area contributed by atoms with Gasteiger partial charge in [-0.15, -0.1) is 24.8 Å². The maximum Gasteiger partial charge on any atom is 0.255 e. The zero-order chi connectivity index (χ0) is 15.4. The number of amides is 1. The molecule has 1 unspecified atom stereocenters. The zero-order valence-corrected chi connectivity index (χ0v) is 15.2. The van der Waals surface area contributed by atoms with E-state index >= 15 is 0 Å². The summed E-state index contributed by atoms with van der Waals surface area (Å²) in [5.74, 6) is 1.38. The number of hydrogen-bond donors (Lipinski definition) is 1. The summed E-state index contributed by atoms with van der Waals surface area (Å²) in [6, 6.07) is 3.69. The van der Waals surface area contributed by atoms with Crippen LogP contribution in [0, 0.1) is 5.92 Å². The smallest absolute Gasteiger partial charge is 0.255 e. The summed E-state index contributed by atoms with van der Waals surface area (Å²) in [7, 11) is 1.96. The number of carbonyl (C=O) groups is 1. The Morgan fingerprint density at radius 2 is 2.21 bits per heavy atom. The van der Waals surface area contributed by atoms with Gasteiger partial charge in [-0.3, -0.25) is 9.36 Å². The molecular formula is C16H23Cl2N5O. The summed E-state index contributed by atoms with van der Waals surface area (Å²) in [4.78, 5) is 22.9. The van der Waals surface area contributed by atoms with Crippen molar-refractivity contribution in [2.75, 3.05) is 26.7 Å². The second-order valence-corrected chi connectivity index (χ2v) is 5.69. The van der Waals surface area contributed by atoms with Gasteiger partial charge in [0, 0.05) is 31.7 Å². The predicted molar refractivity (Wildman–Crippen MR) is 98.4 cm³/mol. The maximum absolute atomic E-state index is 12.6. The molecule has 2 aromatic rings. The Bertz CT molecular complexity index is 616. The molecule has 0 saturated carbocycles. The van der Waals surface area contributed by atoms with Gasteiger partial charge in [0.15, 0.2) is 0 Å². The number of pyridine rings is 1. The largest absolute Gasteiger partial charge is 0.338 e. The lowest BCUT2D eigenvalue weighted by Crippen LogP contribution is -2.42. The normalized spacial score (nSPS) is 16.9. The number of hydrogen-bond acceptors (Lipinski definition) is 4. The van der Waals surface area contributed by atoms with E-state index in [1.165, 1.54) is 6.42 Å². The molecule has 3 rings (SSSR count). The van der Waals surface area contributed by atoms with Gasteiger partial charge in [0.25, 0.3) is 5.91 Å². The van der Waals surface area contributed by atoms with E-state index in [0.717, 1.165) is 31.9 Å². The van der Waals surface area contributed by atoms with E-state index in [0.29, 0.717) is 11.5 Å². The molecule has 1 aliphatic rings. The molecule has 1 atom stereocenters. The topological polar surface area (TPSA) is 63.1 Å². The molecule has 1 saturated heterocycles. The van der Waals surface area contributed by atoms with Crippen molar-refractivity contribution in [3.05, 3.63) is 42.6 Å². The van der Waals surface area contributed by atoms with Crippen LogP contribution >= 0.6 is 24.8 Å². The van der Waals surface area contributed by atoms with Gasteiger partial charge in [0.05, 0.1) is 5.56 Å². The van der Waals surface area contributed by atoms with Gasteiger partial charge in [-0.2, -0.15) is 0 Å². The molecule has 24 heavy (non-hydrogen) atoms. The Kier molecular flexibility index (Phi) is 8.18.